The van der Waals surface area contributed by atoms with Gasteiger partial charge in [0, 0.05) is 18.2 Å². The van der Waals surface area contributed by atoms with Crippen LogP contribution in [-0.2, 0) is 0 Å². The van der Waals surface area contributed by atoms with Crippen LogP contribution in [0.2, 0.25) is 0 Å². The number of nitrogens with one attached hydrogen (secondary N) is 2. The lowest BCUT2D eigenvalue weighted by Crippen LogP contribution is -2.56. The Bertz CT molecular complexity index is 402. The van der Waals surface area contributed by atoms with Gasteiger partial charge in [0.05, 0.1) is 5.66 Å². The lowest BCUT2D eigenvalue weighted by molar-refractivity contribution is 0.316. The second-order valence-corrected chi connectivity index (χ2v) is 4.71. The molecule has 0 saturated carbocycles. The Kier molecular flexibility index (Phi) is 1.82. The molecule has 2 aliphatic heterocycles. The Balaban J connectivity index is 2.11. The first-order valence-corrected chi connectivity index (χ1v) is 5.58. The zero-order valence-corrected chi connectivity index (χ0v) is 9.01. The van der Waals surface area contributed by atoms with Crippen LogP contribution in [0.3, 0.4) is 0 Å². The minimum Gasteiger partial charge on any atom is -0.366 e. The van der Waals surface area contributed by atoms with Crippen LogP contribution in [-0.4, -0.2) is 18.8 Å². The highest BCUT2D eigenvalue weighted by Crippen LogP contribution is 2.43. The quantitative estimate of drug-likeness (QED) is 0.593. The van der Waals surface area contributed by atoms with Gasteiger partial charge in [-0.15, -0.1) is 0 Å². The minimum absolute atomic E-state index is 0.223. The molecule has 0 aromatic heterocycles. The van der Waals surface area contributed by atoms with Gasteiger partial charge in [0.1, 0.15) is 0 Å². The van der Waals surface area contributed by atoms with Crippen LogP contribution in [0.5, 0.6) is 0 Å². The Labute approximate surface area is 90.0 Å². The number of benzene rings is 1. The molecular formula is C12H17N3. The summed E-state index contributed by atoms with van der Waals surface area (Å²) in [6, 6.07) is 6.46. The lowest BCUT2D eigenvalue weighted by atomic mass is 9.85. The number of piperidine rings is 1. The number of para-hydroxylation sites is 1. The standard InChI is InChI=1S/C12H17N3/c1-8-3-2-4-9-10-7-14-6-5-12(10,13)15-11(8)9/h2-4,10,14-15H,5-7,13H2,1H3. The van der Waals surface area contributed by atoms with Crippen molar-refractivity contribution < 1.29 is 0 Å². The van der Waals surface area contributed by atoms with E-state index in [0.29, 0.717) is 5.92 Å². The van der Waals surface area contributed by atoms with Crippen molar-refractivity contribution in [3.63, 3.8) is 0 Å². The maximum absolute atomic E-state index is 6.43. The number of aryl methyl sites for hydroxylation is 1. The normalized spacial score (nSPS) is 33.1. The van der Waals surface area contributed by atoms with Crippen LogP contribution in [0.1, 0.15) is 23.5 Å². The van der Waals surface area contributed by atoms with Crippen molar-refractivity contribution >= 4 is 5.69 Å². The molecule has 2 unspecified atom stereocenters. The van der Waals surface area contributed by atoms with Crippen LogP contribution in [0.25, 0.3) is 0 Å². The van der Waals surface area contributed by atoms with E-state index >= 15 is 0 Å². The van der Waals surface area contributed by atoms with Crippen LogP contribution in [0.15, 0.2) is 18.2 Å². The fourth-order valence-corrected chi connectivity index (χ4v) is 2.82. The van der Waals surface area contributed by atoms with Crippen LogP contribution < -0.4 is 16.4 Å². The summed E-state index contributed by atoms with van der Waals surface area (Å²) < 4.78 is 0. The maximum atomic E-state index is 6.43. The van der Waals surface area contributed by atoms with Gasteiger partial charge in [0.15, 0.2) is 0 Å². The van der Waals surface area contributed by atoms with Gasteiger partial charge in [0.25, 0.3) is 0 Å². The summed E-state index contributed by atoms with van der Waals surface area (Å²) in [6.07, 6.45) is 0.992. The zero-order valence-electron chi connectivity index (χ0n) is 9.01. The number of hydrogen-bond acceptors (Lipinski definition) is 3. The van der Waals surface area contributed by atoms with Gasteiger partial charge in [-0.2, -0.15) is 0 Å². The monoisotopic (exact) mass is 203 g/mol. The van der Waals surface area contributed by atoms with E-state index in [-0.39, 0.29) is 5.66 Å². The van der Waals surface area contributed by atoms with Gasteiger partial charge in [-0.3, -0.25) is 0 Å². The van der Waals surface area contributed by atoms with Crippen molar-refractivity contribution in [1.29, 1.82) is 0 Å². The highest BCUT2D eigenvalue weighted by molar-refractivity contribution is 5.66. The zero-order chi connectivity index (χ0) is 10.5. The molecule has 0 radical (unpaired) electrons. The van der Waals surface area contributed by atoms with Gasteiger partial charge < -0.3 is 16.4 Å². The summed E-state index contributed by atoms with van der Waals surface area (Å²) in [5.41, 5.74) is 10.1. The average Bonchev–Trinajstić information content (AvgIpc) is 2.52. The molecule has 2 aliphatic rings. The third-order valence-electron chi connectivity index (χ3n) is 3.72. The van der Waals surface area contributed by atoms with Crippen LogP contribution >= 0.6 is 0 Å². The van der Waals surface area contributed by atoms with Crippen molar-refractivity contribution in [3.05, 3.63) is 29.3 Å². The van der Waals surface area contributed by atoms with Crippen molar-refractivity contribution in [3.8, 4) is 0 Å². The molecule has 80 valence electrons. The third kappa shape index (κ3) is 1.20. The molecule has 0 bridgehead atoms. The lowest BCUT2D eigenvalue weighted by Gasteiger charge is -2.36. The molecule has 1 aromatic rings. The summed E-state index contributed by atoms with van der Waals surface area (Å²) >= 11 is 0. The Morgan fingerprint density at radius 2 is 2.33 bits per heavy atom. The summed E-state index contributed by atoms with van der Waals surface area (Å²) in [5.74, 6) is 0.418. The molecule has 3 heteroatoms. The molecule has 3 rings (SSSR count). The van der Waals surface area contributed by atoms with Gasteiger partial charge in [-0.25, -0.2) is 0 Å². The van der Waals surface area contributed by atoms with E-state index in [9.17, 15) is 0 Å². The smallest absolute Gasteiger partial charge is 0.0952 e. The highest BCUT2D eigenvalue weighted by atomic mass is 15.2. The predicted molar refractivity (Wildman–Crippen MR) is 61.9 cm³/mol. The van der Waals surface area contributed by atoms with E-state index in [1.807, 2.05) is 0 Å². The van der Waals surface area contributed by atoms with Gasteiger partial charge in [-0.05, 0) is 31.0 Å². The topological polar surface area (TPSA) is 50.1 Å². The molecule has 2 atom stereocenters. The first-order valence-electron chi connectivity index (χ1n) is 5.58. The first-order chi connectivity index (χ1) is 7.21. The van der Waals surface area contributed by atoms with Gasteiger partial charge in [-0.1, -0.05) is 18.2 Å². The van der Waals surface area contributed by atoms with Gasteiger partial charge >= 0.3 is 0 Å². The molecule has 4 N–H and O–H groups in total. The van der Waals surface area contributed by atoms with Crippen LogP contribution in [0.4, 0.5) is 5.69 Å². The van der Waals surface area contributed by atoms with E-state index in [1.54, 1.807) is 0 Å². The Hall–Kier alpha value is -1.06. The maximum Gasteiger partial charge on any atom is 0.0952 e. The molecule has 0 spiro atoms. The summed E-state index contributed by atoms with van der Waals surface area (Å²) in [7, 11) is 0. The highest BCUT2D eigenvalue weighted by Gasteiger charge is 2.44. The fraction of sp³-hybridized carbons (Fsp3) is 0.500. The van der Waals surface area contributed by atoms with E-state index in [2.05, 4.69) is 35.8 Å². The number of anilines is 1. The predicted octanol–water partition coefficient (Wildman–Crippen LogP) is 1.15. The molecule has 1 aromatic carbocycles. The average molecular weight is 203 g/mol. The summed E-state index contributed by atoms with van der Waals surface area (Å²) in [5, 5.41) is 6.94. The number of nitrogens with two attached hydrogens (primary N) is 1. The second-order valence-electron chi connectivity index (χ2n) is 4.71. The van der Waals surface area contributed by atoms with E-state index < -0.39 is 0 Å². The molecule has 0 aliphatic carbocycles. The molecular weight excluding hydrogens is 186 g/mol. The first kappa shape index (κ1) is 9.19. The van der Waals surface area contributed by atoms with Crippen molar-refractivity contribution in [2.45, 2.75) is 24.9 Å². The number of rotatable bonds is 0. The van der Waals surface area contributed by atoms with E-state index in [4.69, 9.17) is 5.73 Å². The summed E-state index contributed by atoms with van der Waals surface area (Å²) in [6.45, 7) is 4.13. The Morgan fingerprint density at radius 1 is 1.47 bits per heavy atom. The van der Waals surface area contributed by atoms with E-state index in [1.165, 1.54) is 16.8 Å². The van der Waals surface area contributed by atoms with E-state index in [0.717, 1.165) is 19.5 Å². The largest absolute Gasteiger partial charge is 0.366 e. The molecule has 3 nitrogen and oxygen atoms in total. The van der Waals surface area contributed by atoms with Crippen molar-refractivity contribution in [1.82, 2.24) is 5.32 Å². The molecule has 2 heterocycles. The SMILES string of the molecule is Cc1cccc2c1NC1(N)CCNCC21. The van der Waals surface area contributed by atoms with Crippen molar-refractivity contribution in [2.24, 2.45) is 5.73 Å². The number of hydrogen-bond donors (Lipinski definition) is 3. The minimum atomic E-state index is -0.223. The Morgan fingerprint density at radius 3 is 3.20 bits per heavy atom. The van der Waals surface area contributed by atoms with Crippen molar-refractivity contribution in [2.75, 3.05) is 18.4 Å². The second kappa shape index (κ2) is 2.97. The van der Waals surface area contributed by atoms with Crippen LogP contribution in [0, 0.1) is 6.92 Å². The number of fused-ring (bicyclic) bond motifs is 3. The summed E-state index contributed by atoms with van der Waals surface area (Å²) in [4.78, 5) is 0. The molecule has 1 fully saturated rings. The third-order valence-corrected chi connectivity index (χ3v) is 3.72. The molecule has 15 heavy (non-hydrogen) atoms. The molecule has 1 saturated heterocycles. The fourth-order valence-electron chi connectivity index (χ4n) is 2.82. The molecule has 0 amide bonds. The van der Waals surface area contributed by atoms with Gasteiger partial charge in [0.2, 0.25) is 0 Å².